The molecule has 0 bridgehead atoms. The molecule has 0 unspecified atom stereocenters. The summed E-state index contributed by atoms with van der Waals surface area (Å²) in [6, 6.07) is 0. The van der Waals surface area contributed by atoms with E-state index in [-0.39, 0.29) is 0 Å². The monoisotopic (exact) mass is 142 g/mol. The molecule has 60 valence electrons. The van der Waals surface area contributed by atoms with Gasteiger partial charge in [0, 0.05) is 0 Å². The van der Waals surface area contributed by atoms with Crippen LogP contribution in [0.25, 0.3) is 0 Å². The molecule has 0 atom stereocenters. The SMILES string of the molecule is CCCCC/C=C(/C)OC. The quantitative estimate of drug-likeness (QED) is 0.423. The fourth-order valence-corrected chi connectivity index (χ4v) is 0.783. The molecule has 0 heterocycles. The fraction of sp³-hybridized carbons (Fsp3) is 0.778. The summed E-state index contributed by atoms with van der Waals surface area (Å²) in [7, 11) is 1.71. The van der Waals surface area contributed by atoms with Crippen LogP contribution < -0.4 is 0 Å². The smallest absolute Gasteiger partial charge is 0.0884 e. The average Bonchev–Trinajstić information content (AvgIpc) is 1.98. The minimum Gasteiger partial charge on any atom is -0.502 e. The van der Waals surface area contributed by atoms with Crippen LogP contribution in [-0.4, -0.2) is 7.11 Å². The van der Waals surface area contributed by atoms with Crippen molar-refractivity contribution in [3.05, 3.63) is 11.8 Å². The lowest BCUT2D eigenvalue weighted by Crippen LogP contribution is -1.79. The van der Waals surface area contributed by atoms with Gasteiger partial charge in [0.2, 0.25) is 0 Å². The Balaban J connectivity index is 3.16. The summed E-state index contributed by atoms with van der Waals surface area (Å²) >= 11 is 0. The van der Waals surface area contributed by atoms with Crippen molar-refractivity contribution < 1.29 is 4.74 Å². The van der Waals surface area contributed by atoms with Crippen molar-refractivity contribution in [3.63, 3.8) is 0 Å². The molecule has 0 amide bonds. The number of methoxy groups -OCH3 is 1. The zero-order chi connectivity index (χ0) is 7.82. The third-order valence-corrected chi connectivity index (χ3v) is 1.56. The largest absolute Gasteiger partial charge is 0.502 e. The Morgan fingerprint density at radius 3 is 2.60 bits per heavy atom. The molecule has 0 fully saturated rings. The molecule has 1 nitrogen and oxygen atoms in total. The van der Waals surface area contributed by atoms with E-state index in [1.807, 2.05) is 6.92 Å². The number of allylic oxidation sites excluding steroid dienone is 2. The topological polar surface area (TPSA) is 9.23 Å². The maximum atomic E-state index is 4.99. The molecule has 0 aliphatic rings. The Morgan fingerprint density at radius 1 is 1.40 bits per heavy atom. The Hall–Kier alpha value is -0.460. The number of hydrogen-bond donors (Lipinski definition) is 0. The second-order valence-corrected chi connectivity index (χ2v) is 2.51. The van der Waals surface area contributed by atoms with Gasteiger partial charge in [0.05, 0.1) is 12.9 Å². The minimum absolute atomic E-state index is 1.04. The lowest BCUT2D eigenvalue weighted by Gasteiger charge is -1.97. The zero-order valence-corrected chi connectivity index (χ0v) is 7.31. The van der Waals surface area contributed by atoms with Gasteiger partial charge >= 0.3 is 0 Å². The number of hydrogen-bond acceptors (Lipinski definition) is 1. The van der Waals surface area contributed by atoms with E-state index in [0.29, 0.717) is 0 Å². The van der Waals surface area contributed by atoms with Gasteiger partial charge in [-0.2, -0.15) is 0 Å². The van der Waals surface area contributed by atoms with Crippen LogP contribution in [0, 0.1) is 0 Å². The normalized spacial score (nSPS) is 11.7. The maximum Gasteiger partial charge on any atom is 0.0884 e. The molecule has 0 saturated heterocycles. The van der Waals surface area contributed by atoms with Gasteiger partial charge in [0.1, 0.15) is 0 Å². The van der Waals surface area contributed by atoms with Crippen LogP contribution in [0.2, 0.25) is 0 Å². The van der Waals surface area contributed by atoms with Gasteiger partial charge in [0.25, 0.3) is 0 Å². The molecule has 0 rings (SSSR count). The van der Waals surface area contributed by atoms with E-state index in [9.17, 15) is 0 Å². The number of unbranched alkanes of at least 4 members (excludes halogenated alkanes) is 3. The molecule has 0 saturated carbocycles. The highest BCUT2D eigenvalue weighted by Crippen LogP contribution is 2.02. The van der Waals surface area contributed by atoms with Crippen molar-refractivity contribution in [2.75, 3.05) is 7.11 Å². The van der Waals surface area contributed by atoms with Crippen molar-refractivity contribution in [3.8, 4) is 0 Å². The summed E-state index contributed by atoms with van der Waals surface area (Å²) < 4.78 is 4.99. The fourth-order valence-electron chi connectivity index (χ4n) is 0.783. The molecule has 0 radical (unpaired) electrons. The zero-order valence-electron chi connectivity index (χ0n) is 7.31. The molecule has 0 aliphatic heterocycles. The van der Waals surface area contributed by atoms with Crippen LogP contribution in [0.4, 0.5) is 0 Å². The van der Waals surface area contributed by atoms with E-state index in [0.717, 1.165) is 12.2 Å². The van der Waals surface area contributed by atoms with Gasteiger partial charge in [-0.15, -0.1) is 0 Å². The van der Waals surface area contributed by atoms with Crippen LogP contribution in [0.5, 0.6) is 0 Å². The third kappa shape index (κ3) is 5.67. The lowest BCUT2D eigenvalue weighted by atomic mass is 10.2. The molecular formula is C9H18O. The van der Waals surface area contributed by atoms with Gasteiger partial charge in [0.15, 0.2) is 0 Å². The van der Waals surface area contributed by atoms with Crippen LogP contribution in [-0.2, 0) is 4.74 Å². The van der Waals surface area contributed by atoms with Gasteiger partial charge < -0.3 is 4.74 Å². The first-order chi connectivity index (χ1) is 4.81. The highest BCUT2D eigenvalue weighted by Gasteiger charge is 1.85. The Morgan fingerprint density at radius 2 is 2.10 bits per heavy atom. The standard InChI is InChI=1S/C9H18O/c1-4-5-6-7-8-9(2)10-3/h8H,4-7H2,1-3H3/b9-8-. The molecule has 0 aromatic heterocycles. The Bertz CT molecular complexity index is 94.9. The van der Waals surface area contributed by atoms with Gasteiger partial charge in [-0.1, -0.05) is 19.8 Å². The predicted molar refractivity (Wildman–Crippen MR) is 44.9 cm³/mol. The predicted octanol–water partition coefficient (Wildman–Crippen LogP) is 3.12. The highest BCUT2D eigenvalue weighted by atomic mass is 16.5. The van der Waals surface area contributed by atoms with E-state index in [1.54, 1.807) is 7.11 Å². The minimum atomic E-state index is 1.04. The second kappa shape index (κ2) is 6.66. The Labute approximate surface area is 64.1 Å². The molecule has 0 aliphatic carbocycles. The molecule has 10 heavy (non-hydrogen) atoms. The van der Waals surface area contributed by atoms with Crippen LogP contribution in [0.15, 0.2) is 11.8 Å². The summed E-state index contributed by atoms with van der Waals surface area (Å²) in [4.78, 5) is 0. The molecule has 0 aromatic carbocycles. The molecule has 0 aromatic rings. The molecule has 0 N–H and O–H groups in total. The van der Waals surface area contributed by atoms with Crippen molar-refractivity contribution in [2.45, 2.75) is 39.5 Å². The molecular weight excluding hydrogens is 124 g/mol. The summed E-state index contributed by atoms with van der Waals surface area (Å²) in [5, 5.41) is 0. The summed E-state index contributed by atoms with van der Waals surface area (Å²) in [6.45, 7) is 4.21. The summed E-state index contributed by atoms with van der Waals surface area (Å²) in [6.07, 6.45) is 7.22. The van der Waals surface area contributed by atoms with Gasteiger partial charge in [-0.05, 0) is 25.8 Å². The first-order valence-electron chi connectivity index (χ1n) is 4.02. The lowest BCUT2D eigenvalue weighted by molar-refractivity contribution is 0.291. The number of ether oxygens (including phenoxy) is 1. The van der Waals surface area contributed by atoms with Crippen molar-refractivity contribution in [1.29, 1.82) is 0 Å². The van der Waals surface area contributed by atoms with Crippen LogP contribution in [0.3, 0.4) is 0 Å². The average molecular weight is 142 g/mol. The number of rotatable bonds is 5. The van der Waals surface area contributed by atoms with E-state index >= 15 is 0 Å². The first-order valence-corrected chi connectivity index (χ1v) is 4.02. The third-order valence-electron chi connectivity index (χ3n) is 1.56. The van der Waals surface area contributed by atoms with E-state index in [2.05, 4.69) is 13.0 Å². The van der Waals surface area contributed by atoms with E-state index < -0.39 is 0 Å². The van der Waals surface area contributed by atoms with Crippen LogP contribution >= 0.6 is 0 Å². The summed E-state index contributed by atoms with van der Waals surface area (Å²) in [5.74, 6) is 1.04. The van der Waals surface area contributed by atoms with E-state index in [4.69, 9.17) is 4.74 Å². The first kappa shape index (κ1) is 9.54. The van der Waals surface area contributed by atoms with Crippen molar-refractivity contribution in [1.82, 2.24) is 0 Å². The summed E-state index contributed by atoms with van der Waals surface area (Å²) in [5.41, 5.74) is 0. The maximum absolute atomic E-state index is 4.99. The van der Waals surface area contributed by atoms with Crippen molar-refractivity contribution >= 4 is 0 Å². The molecule has 1 heteroatoms. The highest BCUT2D eigenvalue weighted by molar-refractivity contribution is 4.87. The van der Waals surface area contributed by atoms with Crippen LogP contribution in [0.1, 0.15) is 39.5 Å². The second-order valence-electron chi connectivity index (χ2n) is 2.51. The van der Waals surface area contributed by atoms with E-state index in [1.165, 1.54) is 19.3 Å². The molecule has 0 spiro atoms. The van der Waals surface area contributed by atoms with Crippen molar-refractivity contribution in [2.24, 2.45) is 0 Å². The van der Waals surface area contributed by atoms with Gasteiger partial charge in [-0.3, -0.25) is 0 Å². The Kier molecular flexibility index (Phi) is 6.35. The van der Waals surface area contributed by atoms with Gasteiger partial charge in [-0.25, -0.2) is 0 Å².